The van der Waals surface area contributed by atoms with Crippen LogP contribution in [0.1, 0.15) is 28.4 Å². The van der Waals surface area contributed by atoms with Crippen molar-refractivity contribution in [2.45, 2.75) is 20.4 Å². The first-order valence-electron chi connectivity index (χ1n) is 6.73. The molecule has 1 aromatic carbocycles. The fraction of sp³-hybridized carbons (Fsp3) is 0.250. The lowest BCUT2D eigenvalue weighted by atomic mass is 10.1. The van der Waals surface area contributed by atoms with Crippen LogP contribution in [0.3, 0.4) is 0 Å². The summed E-state index contributed by atoms with van der Waals surface area (Å²) in [4.78, 5) is 16.3. The van der Waals surface area contributed by atoms with Crippen molar-refractivity contribution in [2.75, 3.05) is 11.9 Å². The predicted molar refractivity (Wildman–Crippen MR) is 80.7 cm³/mol. The van der Waals surface area contributed by atoms with Crippen LogP contribution in [0.4, 0.5) is 5.69 Å². The highest BCUT2D eigenvalue weighted by Gasteiger charge is 2.10. The van der Waals surface area contributed by atoms with Gasteiger partial charge in [0.25, 0.3) is 5.91 Å². The van der Waals surface area contributed by atoms with Crippen molar-refractivity contribution in [1.82, 2.24) is 10.3 Å². The Hall–Kier alpha value is -2.36. The van der Waals surface area contributed by atoms with Crippen LogP contribution < -0.4 is 10.6 Å². The molecule has 2 N–H and O–H groups in total. The number of carbonyl (C=O) groups excluding carboxylic acids is 1. The number of hydrogen-bond donors (Lipinski definition) is 2. The summed E-state index contributed by atoms with van der Waals surface area (Å²) in [5, 5.41) is 6.13. The number of anilines is 1. The van der Waals surface area contributed by atoms with Gasteiger partial charge < -0.3 is 10.6 Å². The average Bonchev–Trinajstić information content (AvgIpc) is 2.47. The van der Waals surface area contributed by atoms with Crippen LogP contribution in [-0.2, 0) is 6.54 Å². The summed E-state index contributed by atoms with van der Waals surface area (Å²) < 4.78 is 0. The number of aryl methyl sites for hydroxylation is 1. The van der Waals surface area contributed by atoms with Gasteiger partial charge >= 0.3 is 0 Å². The number of benzene rings is 1. The topological polar surface area (TPSA) is 54.0 Å². The molecule has 4 nitrogen and oxygen atoms in total. The molecule has 1 amide bonds. The smallest absolute Gasteiger partial charge is 0.253 e. The van der Waals surface area contributed by atoms with E-state index in [1.165, 1.54) is 0 Å². The number of pyridine rings is 1. The molecule has 2 rings (SSSR count). The number of aromatic nitrogens is 1. The van der Waals surface area contributed by atoms with Crippen molar-refractivity contribution in [3.63, 3.8) is 0 Å². The minimum Gasteiger partial charge on any atom is -0.385 e. The van der Waals surface area contributed by atoms with Crippen molar-refractivity contribution in [1.29, 1.82) is 0 Å². The molecule has 0 spiro atoms. The first-order valence-corrected chi connectivity index (χ1v) is 6.73. The van der Waals surface area contributed by atoms with Crippen LogP contribution in [0, 0.1) is 6.92 Å². The molecule has 0 unspecified atom stereocenters. The van der Waals surface area contributed by atoms with Gasteiger partial charge in [-0.15, -0.1) is 0 Å². The van der Waals surface area contributed by atoms with E-state index in [2.05, 4.69) is 15.6 Å². The summed E-state index contributed by atoms with van der Waals surface area (Å²) in [7, 11) is 0. The summed E-state index contributed by atoms with van der Waals surface area (Å²) in [5.74, 6) is -0.0789. The number of carbonyl (C=O) groups is 1. The third-order valence-electron chi connectivity index (χ3n) is 3.13. The Kier molecular flexibility index (Phi) is 4.71. The van der Waals surface area contributed by atoms with Gasteiger partial charge in [-0.3, -0.25) is 9.78 Å². The number of para-hydroxylation sites is 1. The zero-order valence-electron chi connectivity index (χ0n) is 11.8. The molecule has 0 saturated heterocycles. The fourth-order valence-corrected chi connectivity index (χ4v) is 1.98. The van der Waals surface area contributed by atoms with Crippen molar-refractivity contribution >= 4 is 11.6 Å². The molecule has 0 aliphatic rings. The highest BCUT2D eigenvalue weighted by atomic mass is 16.1. The molecule has 1 heterocycles. The third kappa shape index (κ3) is 3.35. The standard InChI is InChI=1S/C16H19N3O/c1-3-18-15-7-5-4-6-14(15)16(20)19-11-13-10-17-9-8-12(13)2/h4-10,18H,3,11H2,1-2H3,(H,19,20). The summed E-state index contributed by atoms with van der Waals surface area (Å²) in [6.07, 6.45) is 3.53. The van der Waals surface area contributed by atoms with Crippen LogP contribution >= 0.6 is 0 Å². The van der Waals surface area contributed by atoms with Crippen LogP contribution in [0.15, 0.2) is 42.7 Å². The van der Waals surface area contributed by atoms with Crippen LogP contribution in [0.5, 0.6) is 0 Å². The van der Waals surface area contributed by atoms with Gasteiger partial charge in [0.15, 0.2) is 0 Å². The van der Waals surface area contributed by atoms with Gasteiger partial charge in [0.2, 0.25) is 0 Å². The quantitative estimate of drug-likeness (QED) is 0.877. The number of rotatable bonds is 5. The maximum absolute atomic E-state index is 12.3. The van der Waals surface area contributed by atoms with Gasteiger partial charge in [-0.1, -0.05) is 12.1 Å². The molecule has 0 bridgehead atoms. The minimum atomic E-state index is -0.0789. The lowest BCUT2D eigenvalue weighted by Crippen LogP contribution is -2.24. The van der Waals surface area contributed by atoms with Gasteiger partial charge in [-0.05, 0) is 43.2 Å². The summed E-state index contributed by atoms with van der Waals surface area (Å²) >= 11 is 0. The normalized spacial score (nSPS) is 10.1. The van der Waals surface area contributed by atoms with E-state index in [0.29, 0.717) is 12.1 Å². The van der Waals surface area contributed by atoms with Gasteiger partial charge in [0, 0.05) is 31.2 Å². The molecule has 1 aromatic heterocycles. The highest BCUT2D eigenvalue weighted by molar-refractivity contribution is 5.99. The highest BCUT2D eigenvalue weighted by Crippen LogP contribution is 2.15. The van der Waals surface area contributed by atoms with Crippen molar-refractivity contribution in [2.24, 2.45) is 0 Å². The Balaban J connectivity index is 2.07. The number of nitrogens with zero attached hydrogens (tertiary/aromatic N) is 1. The van der Waals surface area contributed by atoms with E-state index in [1.54, 1.807) is 12.4 Å². The van der Waals surface area contributed by atoms with E-state index in [9.17, 15) is 4.79 Å². The zero-order chi connectivity index (χ0) is 14.4. The Morgan fingerprint density at radius 2 is 2.05 bits per heavy atom. The second-order valence-electron chi connectivity index (χ2n) is 4.56. The van der Waals surface area contributed by atoms with Crippen molar-refractivity contribution < 1.29 is 4.79 Å². The monoisotopic (exact) mass is 269 g/mol. The Bertz CT molecular complexity index is 596. The Labute approximate surface area is 119 Å². The molecular weight excluding hydrogens is 250 g/mol. The molecule has 20 heavy (non-hydrogen) atoms. The molecule has 104 valence electrons. The van der Waals surface area contributed by atoms with Crippen LogP contribution in [0.2, 0.25) is 0 Å². The first-order chi connectivity index (χ1) is 9.72. The number of hydrogen-bond acceptors (Lipinski definition) is 3. The molecule has 0 radical (unpaired) electrons. The molecule has 2 aromatic rings. The minimum absolute atomic E-state index is 0.0789. The van der Waals surface area contributed by atoms with E-state index < -0.39 is 0 Å². The Morgan fingerprint density at radius 3 is 2.80 bits per heavy atom. The molecule has 0 aliphatic heterocycles. The second kappa shape index (κ2) is 6.70. The maximum atomic E-state index is 12.3. The third-order valence-corrected chi connectivity index (χ3v) is 3.13. The Morgan fingerprint density at radius 1 is 1.25 bits per heavy atom. The molecule has 0 fully saturated rings. The molecule has 0 aliphatic carbocycles. The molecule has 0 atom stereocenters. The van der Waals surface area contributed by atoms with Crippen LogP contribution in [-0.4, -0.2) is 17.4 Å². The van der Waals surface area contributed by atoms with E-state index >= 15 is 0 Å². The van der Waals surface area contributed by atoms with Crippen molar-refractivity contribution in [3.8, 4) is 0 Å². The van der Waals surface area contributed by atoms with E-state index in [0.717, 1.165) is 23.4 Å². The molecule has 4 heteroatoms. The van der Waals surface area contributed by atoms with Gasteiger partial charge in [0.05, 0.1) is 5.56 Å². The summed E-state index contributed by atoms with van der Waals surface area (Å²) in [6, 6.07) is 9.45. The summed E-state index contributed by atoms with van der Waals surface area (Å²) in [6.45, 7) is 5.29. The summed E-state index contributed by atoms with van der Waals surface area (Å²) in [5.41, 5.74) is 3.67. The molecule has 0 saturated carbocycles. The lowest BCUT2D eigenvalue weighted by molar-refractivity contribution is 0.0951. The molecular formula is C16H19N3O. The first kappa shape index (κ1) is 14.1. The second-order valence-corrected chi connectivity index (χ2v) is 4.56. The number of amides is 1. The average molecular weight is 269 g/mol. The van der Waals surface area contributed by atoms with Crippen molar-refractivity contribution in [3.05, 3.63) is 59.4 Å². The van der Waals surface area contributed by atoms with E-state index in [4.69, 9.17) is 0 Å². The fourth-order valence-electron chi connectivity index (χ4n) is 1.98. The largest absolute Gasteiger partial charge is 0.385 e. The van der Waals surface area contributed by atoms with Gasteiger partial charge in [-0.25, -0.2) is 0 Å². The van der Waals surface area contributed by atoms with Gasteiger partial charge in [0.1, 0.15) is 0 Å². The SMILES string of the molecule is CCNc1ccccc1C(=O)NCc1cnccc1C. The predicted octanol–water partition coefficient (Wildman–Crippen LogP) is 2.75. The number of nitrogens with one attached hydrogen (secondary N) is 2. The zero-order valence-corrected chi connectivity index (χ0v) is 11.8. The van der Waals surface area contributed by atoms with Crippen LogP contribution in [0.25, 0.3) is 0 Å². The van der Waals surface area contributed by atoms with E-state index in [1.807, 2.05) is 44.2 Å². The maximum Gasteiger partial charge on any atom is 0.253 e. The lowest BCUT2D eigenvalue weighted by Gasteiger charge is -2.11. The van der Waals surface area contributed by atoms with E-state index in [-0.39, 0.29) is 5.91 Å². The van der Waals surface area contributed by atoms with Gasteiger partial charge in [-0.2, -0.15) is 0 Å².